The van der Waals surface area contributed by atoms with E-state index in [0.29, 0.717) is 25.8 Å². The zero-order valence-corrected chi connectivity index (χ0v) is 12.7. The molecule has 0 bridgehead atoms. The van der Waals surface area contributed by atoms with Crippen molar-refractivity contribution in [1.82, 2.24) is 10.2 Å². The number of nitrogens with one attached hydrogen (secondary N) is 1. The van der Waals surface area contributed by atoms with E-state index >= 15 is 0 Å². The van der Waals surface area contributed by atoms with Crippen LogP contribution in [0, 0.1) is 0 Å². The van der Waals surface area contributed by atoms with E-state index in [4.69, 9.17) is 0 Å². The molecule has 114 valence electrons. The Morgan fingerprint density at radius 1 is 1.25 bits per heavy atom. The summed E-state index contributed by atoms with van der Waals surface area (Å²) in [6, 6.07) is 0. The largest absolute Gasteiger partial charge is 0.345 e. The van der Waals surface area contributed by atoms with Crippen molar-refractivity contribution < 1.29 is 18.0 Å². The van der Waals surface area contributed by atoms with E-state index in [-0.39, 0.29) is 29.9 Å². The third kappa shape index (κ3) is 2.82. The van der Waals surface area contributed by atoms with E-state index < -0.39 is 15.4 Å². The first kappa shape index (κ1) is 15.3. The van der Waals surface area contributed by atoms with E-state index in [9.17, 15) is 18.0 Å². The standard InChI is InChI=1S/C13H22N2O4S/c1-2-20(18,19)9-5-8-15-11(16)10-14-12(17)13(15)6-3-4-7-13/h2-10H2,1H3,(H,14,17). The molecular weight excluding hydrogens is 280 g/mol. The first-order valence-corrected chi connectivity index (χ1v) is 9.03. The fraction of sp³-hybridized carbons (Fsp3) is 0.846. The number of carbonyl (C=O) groups excluding carboxylic acids is 2. The van der Waals surface area contributed by atoms with Crippen molar-refractivity contribution in [1.29, 1.82) is 0 Å². The second kappa shape index (κ2) is 5.71. The summed E-state index contributed by atoms with van der Waals surface area (Å²) in [5.41, 5.74) is -0.717. The molecule has 0 unspecified atom stereocenters. The molecule has 1 heterocycles. The van der Waals surface area contributed by atoms with Gasteiger partial charge in [-0.1, -0.05) is 19.8 Å². The van der Waals surface area contributed by atoms with Crippen LogP contribution in [0.15, 0.2) is 0 Å². The third-order valence-electron chi connectivity index (χ3n) is 4.35. The zero-order valence-electron chi connectivity index (χ0n) is 11.9. The Labute approximate surface area is 119 Å². The van der Waals surface area contributed by atoms with Crippen LogP contribution >= 0.6 is 0 Å². The number of sulfone groups is 1. The first-order chi connectivity index (χ1) is 9.41. The molecule has 1 saturated carbocycles. The predicted octanol–water partition coefficient (Wildman–Crippen LogP) is 0.0824. The van der Waals surface area contributed by atoms with Gasteiger partial charge in [-0.15, -0.1) is 0 Å². The number of hydrogen-bond donors (Lipinski definition) is 1. The lowest BCUT2D eigenvalue weighted by atomic mass is 9.91. The molecule has 2 fully saturated rings. The van der Waals surface area contributed by atoms with E-state index in [1.807, 2.05) is 0 Å². The van der Waals surface area contributed by atoms with Gasteiger partial charge in [-0.2, -0.15) is 0 Å². The predicted molar refractivity (Wildman–Crippen MR) is 74.9 cm³/mol. The molecule has 6 nitrogen and oxygen atoms in total. The van der Waals surface area contributed by atoms with Crippen molar-refractivity contribution in [2.45, 2.75) is 44.6 Å². The van der Waals surface area contributed by atoms with Gasteiger partial charge in [0, 0.05) is 12.3 Å². The van der Waals surface area contributed by atoms with Crippen molar-refractivity contribution in [3.05, 3.63) is 0 Å². The number of rotatable bonds is 5. The van der Waals surface area contributed by atoms with Crippen molar-refractivity contribution in [2.24, 2.45) is 0 Å². The topological polar surface area (TPSA) is 83.6 Å². The maximum Gasteiger partial charge on any atom is 0.246 e. The normalized spacial score (nSPS) is 22.4. The molecule has 1 N–H and O–H groups in total. The summed E-state index contributed by atoms with van der Waals surface area (Å²) < 4.78 is 23.0. The highest BCUT2D eigenvalue weighted by molar-refractivity contribution is 7.91. The molecule has 7 heteroatoms. The van der Waals surface area contributed by atoms with Gasteiger partial charge in [0.05, 0.1) is 12.3 Å². The van der Waals surface area contributed by atoms with Gasteiger partial charge in [0.15, 0.2) is 0 Å². The molecule has 2 amide bonds. The molecule has 0 aromatic rings. The van der Waals surface area contributed by atoms with Crippen LogP contribution in [-0.4, -0.2) is 55.3 Å². The van der Waals surface area contributed by atoms with Crippen LogP contribution in [0.4, 0.5) is 0 Å². The molecule has 2 rings (SSSR count). The molecule has 0 aromatic carbocycles. The van der Waals surface area contributed by atoms with Crippen LogP contribution in [0.2, 0.25) is 0 Å². The average molecular weight is 302 g/mol. The molecular formula is C13H22N2O4S. The molecule has 0 aromatic heterocycles. The molecule has 0 atom stereocenters. The highest BCUT2D eigenvalue weighted by Gasteiger charge is 2.50. The quantitative estimate of drug-likeness (QED) is 0.780. The average Bonchev–Trinajstić information content (AvgIpc) is 2.89. The van der Waals surface area contributed by atoms with Gasteiger partial charge >= 0.3 is 0 Å². The maximum atomic E-state index is 12.2. The third-order valence-corrected chi connectivity index (χ3v) is 6.14. The molecule has 0 radical (unpaired) electrons. The Bertz CT molecular complexity index is 495. The Balaban J connectivity index is 2.06. The van der Waals surface area contributed by atoms with Crippen LogP contribution < -0.4 is 5.32 Å². The summed E-state index contributed by atoms with van der Waals surface area (Å²) in [7, 11) is -3.02. The highest BCUT2D eigenvalue weighted by atomic mass is 32.2. The van der Waals surface area contributed by atoms with Crippen LogP contribution in [-0.2, 0) is 19.4 Å². The minimum absolute atomic E-state index is 0.0289. The Hall–Kier alpha value is -1.11. The van der Waals surface area contributed by atoms with E-state index in [1.54, 1.807) is 11.8 Å². The van der Waals surface area contributed by atoms with Gasteiger partial charge < -0.3 is 10.2 Å². The number of carbonyl (C=O) groups is 2. The fourth-order valence-electron chi connectivity index (χ4n) is 3.16. The Morgan fingerprint density at radius 3 is 2.50 bits per heavy atom. The monoisotopic (exact) mass is 302 g/mol. The van der Waals surface area contributed by atoms with Crippen LogP contribution in [0.25, 0.3) is 0 Å². The lowest BCUT2D eigenvalue weighted by molar-refractivity contribution is -0.153. The second-order valence-corrected chi connectivity index (χ2v) is 8.03. The minimum Gasteiger partial charge on any atom is -0.345 e. The van der Waals surface area contributed by atoms with Gasteiger partial charge in [-0.3, -0.25) is 9.59 Å². The number of piperazine rings is 1. The van der Waals surface area contributed by atoms with E-state index in [1.165, 1.54) is 0 Å². The van der Waals surface area contributed by atoms with Gasteiger partial charge in [-0.25, -0.2) is 8.42 Å². The summed E-state index contributed by atoms with van der Waals surface area (Å²) in [6.07, 6.45) is 3.64. The Morgan fingerprint density at radius 2 is 1.90 bits per heavy atom. The zero-order chi connectivity index (χ0) is 14.8. The minimum atomic E-state index is -3.02. The van der Waals surface area contributed by atoms with Crippen molar-refractivity contribution in [3.63, 3.8) is 0 Å². The van der Waals surface area contributed by atoms with Gasteiger partial charge in [-0.05, 0) is 19.3 Å². The van der Waals surface area contributed by atoms with Crippen LogP contribution in [0.1, 0.15) is 39.0 Å². The van der Waals surface area contributed by atoms with Crippen molar-refractivity contribution in [3.8, 4) is 0 Å². The molecule has 1 spiro atoms. The summed E-state index contributed by atoms with van der Waals surface area (Å²) in [4.78, 5) is 25.9. The highest BCUT2D eigenvalue weighted by Crippen LogP contribution is 2.37. The smallest absolute Gasteiger partial charge is 0.246 e. The van der Waals surface area contributed by atoms with E-state index in [0.717, 1.165) is 12.8 Å². The molecule has 1 saturated heterocycles. The lowest BCUT2D eigenvalue weighted by Gasteiger charge is -2.43. The van der Waals surface area contributed by atoms with Gasteiger partial charge in [0.1, 0.15) is 15.4 Å². The number of hydrogen-bond acceptors (Lipinski definition) is 4. The van der Waals surface area contributed by atoms with E-state index in [2.05, 4.69) is 5.32 Å². The fourth-order valence-corrected chi connectivity index (χ4v) is 4.02. The maximum absolute atomic E-state index is 12.2. The molecule has 1 aliphatic carbocycles. The SMILES string of the molecule is CCS(=O)(=O)CCCN1C(=O)CNC(=O)C12CCCC2. The van der Waals surface area contributed by atoms with Gasteiger partial charge in [0.25, 0.3) is 0 Å². The van der Waals surface area contributed by atoms with Gasteiger partial charge in [0.2, 0.25) is 11.8 Å². The number of nitrogens with zero attached hydrogens (tertiary/aromatic N) is 1. The van der Waals surface area contributed by atoms with Crippen molar-refractivity contribution in [2.75, 3.05) is 24.6 Å². The van der Waals surface area contributed by atoms with Crippen LogP contribution in [0.3, 0.4) is 0 Å². The first-order valence-electron chi connectivity index (χ1n) is 7.20. The molecule has 2 aliphatic rings. The van der Waals surface area contributed by atoms with Crippen molar-refractivity contribution >= 4 is 21.7 Å². The molecule has 1 aliphatic heterocycles. The Kier molecular flexibility index (Phi) is 4.36. The van der Waals surface area contributed by atoms with Crippen LogP contribution in [0.5, 0.6) is 0 Å². The summed E-state index contributed by atoms with van der Waals surface area (Å²) in [5, 5.41) is 2.66. The second-order valence-electron chi connectivity index (χ2n) is 5.56. The summed E-state index contributed by atoms with van der Waals surface area (Å²) in [5.74, 6) is 0.0192. The number of amides is 2. The molecule has 20 heavy (non-hydrogen) atoms. The lowest BCUT2D eigenvalue weighted by Crippen LogP contribution is -2.66. The summed E-state index contributed by atoms with van der Waals surface area (Å²) >= 11 is 0. The summed E-state index contributed by atoms with van der Waals surface area (Å²) in [6.45, 7) is 2.00.